The Labute approximate surface area is 150 Å². The minimum Gasteiger partial charge on any atom is -0.491 e. The number of rotatable bonds is 5. The fourth-order valence-corrected chi connectivity index (χ4v) is 3.17. The van der Waals surface area contributed by atoms with Gasteiger partial charge in [0.05, 0.1) is 16.0 Å². The Bertz CT molecular complexity index is 963. The van der Waals surface area contributed by atoms with E-state index in [0.29, 0.717) is 34.1 Å². The molecule has 1 aliphatic rings. The van der Waals surface area contributed by atoms with Gasteiger partial charge < -0.3 is 9.15 Å². The second kappa shape index (κ2) is 6.90. The molecule has 0 unspecified atom stereocenters. The number of para-hydroxylation sites is 2. The van der Waals surface area contributed by atoms with Crippen molar-refractivity contribution in [2.75, 3.05) is 26.2 Å². The molecule has 4 rings (SSSR count). The minimum absolute atomic E-state index is 0.117. The second-order valence-corrected chi connectivity index (χ2v) is 6.54. The van der Waals surface area contributed by atoms with Gasteiger partial charge in [0.25, 0.3) is 0 Å². The number of benzene rings is 2. The summed E-state index contributed by atoms with van der Waals surface area (Å²) in [5.74, 6) is 1.17. The van der Waals surface area contributed by atoms with Crippen LogP contribution in [0.1, 0.15) is 6.42 Å². The summed E-state index contributed by atoms with van der Waals surface area (Å²) in [5, 5.41) is 0.903. The summed E-state index contributed by atoms with van der Waals surface area (Å²) in [6.45, 7) is 3.80. The number of ether oxygens (including phenoxy) is 1. The molecule has 2 aromatic carbocycles. The van der Waals surface area contributed by atoms with Crippen LogP contribution in [0.4, 0.5) is 0 Å². The molecule has 1 aromatic heterocycles. The zero-order valence-electron chi connectivity index (χ0n) is 13.7. The first-order chi connectivity index (χ1) is 12.2. The molecular weight excluding hydrogens is 338 g/mol. The molecule has 1 saturated heterocycles. The third kappa shape index (κ3) is 3.28. The van der Waals surface area contributed by atoms with Gasteiger partial charge in [-0.25, -0.2) is 0 Å². The molecule has 0 atom stereocenters. The maximum Gasteiger partial charge on any atom is 0.193 e. The summed E-state index contributed by atoms with van der Waals surface area (Å²) in [6.07, 6.45) is 1.26. The Morgan fingerprint density at radius 2 is 1.96 bits per heavy atom. The largest absolute Gasteiger partial charge is 0.491 e. The first kappa shape index (κ1) is 16.2. The summed E-state index contributed by atoms with van der Waals surface area (Å²) < 4.78 is 11.9. The predicted molar refractivity (Wildman–Crippen MR) is 99.5 cm³/mol. The van der Waals surface area contributed by atoms with E-state index < -0.39 is 0 Å². The van der Waals surface area contributed by atoms with Crippen LogP contribution in [0.15, 0.2) is 57.7 Å². The second-order valence-electron chi connectivity index (χ2n) is 6.13. The van der Waals surface area contributed by atoms with Gasteiger partial charge in [-0.2, -0.15) is 0 Å². The van der Waals surface area contributed by atoms with Gasteiger partial charge in [-0.1, -0.05) is 29.8 Å². The van der Waals surface area contributed by atoms with E-state index in [4.69, 9.17) is 20.8 Å². The number of halogens is 1. The number of hydrogen-bond acceptors (Lipinski definition) is 4. The highest BCUT2D eigenvalue weighted by atomic mass is 35.5. The van der Waals surface area contributed by atoms with Crippen LogP contribution < -0.4 is 10.2 Å². The summed E-state index contributed by atoms with van der Waals surface area (Å²) in [5.41, 5.74) is 1.04. The lowest BCUT2D eigenvalue weighted by Crippen LogP contribution is -2.39. The van der Waals surface area contributed by atoms with Gasteiger partial charge >= 0.3 is 0 Å². The maximum atomic E-state index is 12.4. The van der Waals surface area contributed by atoms with Crippen molar-refractivity contribution in [1.82, 2.24) is 4.90 Å². The highest BCUT2D eigenvalue weighted by Gasteiger charge is 2.15. The molecule has 1 fully saturated rings. The Morgan fingerprint density at radius 3 is 2.76 bits per heavy atom. The van der Waals surface area contributed by atoms with Crippen LogP contribution in [-0.4, -0.2) is 31.1 Å². The van der Waals surface area contributed by atoms with Crippen LogP contribution >= 0.6 is 11.6 Å². The molecule has 128 valence electrons. The molecule has 0 N–H and O–H groups in total. The molecule has 3 aromatic rings. The smallest absolute Gasteiger partial charge is 0.193 e. The molecule has 25 heavy (non-hydrogen) atoms. The highest BCUT2D eigenvalue weighted by molar-refractivity contribution is 6.34. The van der Waals surface area contributed by atoms with E-state index in [1.807, 2.05) is 24.3 Å². The van der Waals surface area contributed by atoms with Crippen molar-refractivity contribution in [3.63, 3.8) is 0 Å². The van der Waals surface area contributed by atoms with Gasteiger partial charge in [-0.15, -0.1) is 0 Å². The molecule has 1 aliphatic heterocycles. The standard InChI is InChI=1S/C20H18ClNO3/c21-16-7-3-6-14-17(23)13-19(25-20(14)16)15-5-1-2-8-18(15)24-12-11-22-9-4-10-22/h1-3,5-8,13H,4,9-12H2. The van der Waals surface area contributed by atoms with Crippen LogP contribution in [0.3, 0.4) is 0 Å². The van der Waals surface area contributed by atoms with Crippen LogP contribution in [0.5, 0.6) is 5.75 Å². The molecule has 0 saturated carbocycles. The Morgan fingerprint density at radius 1 is 1.12 bits per heavy atom. The fraction of sp³-hybridized carbons (Fsp3) is 0.250. The van der Waals surface area contributed by atoms with Crippen molar-refractivity contribution in [3.8, 4) is 17.1 Å². The quantitative estimate of drug-likeness (QED) is 0.688. The van der Waals surface area contributed by atoms with E-state index in [0.717, 1.165) is 25.2 Å². The van der Waals surface area contributed by atoms with Gasteiger partial charge in [0.15, 0.2) is 11.0 Å². The van der Waals surface area contributed by atoms with E-state index >= 15 is 0 Å². The Kier molecular flexibility index (Phi) is 4.47. The van der Waals surface area contributed by atoms with E-state index in [1.165, 1.54) is 12.5 Å². The minimum atomic E-state index is -0.117. The van der Waals surface area contributed by atoms with Crippen LogP contribution in [-0.2, 0) is 0 Å². The highest BCUT2D eigenvalue weighted by Crippen LogP contribution is 2.32. The van der Waals surface area contributed by atoms with Crippen molar-refractivity contribution in [2.45, 2.75) is 6.42 Å². The van der Waals surface area contributed by atoms with Gasteiger partial charge in [-0.3, -0.25) is 9.69 Å². The van der Waals surface area contributed by atoms with Crippen molar-refractivity contribution < 1.29 is 9.15 Å². The van der Waals surface area contributed by atoms with Crippen LogP contribution in [0, 0.1) is 0 Å². The zero-order valence-corrected chi connectivity index (χ0v) is 14.5. The normalized spacial score (nSPS) is 14.4. The Hall–Kier alpha value is -2.30. The third-order valence-corrected chi connectivity index (χ3v) is 4.77. The van der Waals surface area contributed by atoms with Crippen LogP contribution in [0.25, 0.3) is 22.3 Å². The molecule has 0 amide bonds. The van der Waals surface area contributed by atoms with Gasteiger partial charge in [0.1, 0.15) is 18.1 Å². The van der Waals surface area contributed by atoms with Gasteiger partial charge in [0.2, 0.25) is 0 Å². The topological polar surface area (TPSA) is 42.7 Å². The average molecular weight is 356 g/mol. The number of nitrogens with zero attached hydrogens (tertiary/aromatic N) is 1. The van der Waals surface area contributed by atoms with Crippen LogP contribution in [0.2, 0.25) is 5.02 Å². The lowest BCUT2D eigenvalue weighted by atomic mass is 10.1. The van der Waals surface area contributed by atoms with Crippen molar-refractivity contribution >= 4 is 22.6 Å². The van der Waals surface area contributed by atoms with E-state index in [9.17, 15) is 4.79 Å². The molecule has 2 heterocycles. The lowest BCUT2D eigenvalue weighted by Gasteiger charge is -2.30. The number of hydrogen-bond donors (Lipinski definition) is 0. The lowest BCUT2D eigenvalue weighted by molar-refractivity contribution is 0.147. The molecule has 0 aliphatic carbocycles. The molecule has 4 nitrogen and oxygen atoms in total. The third-order valence-electron chi connectivity index (χ3n) is 4.47. The summed E-state index contributed by atoms with van der Waals surface area (Å²) in [6, 6.07) is 14.3. The molecular formula is C20H18ClNO3. The number of fused-ring (bicyclic) bond motifs is 1. The maximum absolute atomic E-state index is 12.4. The summed E-state index contributed by atoms with van der Waals surface area (Å²) in [4.78, 5) is 14.8. The first-order valence-corrected chi connectivity index (χ1v) is 8.77. The van der Waals surface area contributed by atoms with Gasteiger partial charge in [0, 0.05) is 12.6 Å². The molecule has 0 bridgehead atoms. The zero-order chi connectivity index (χ0) is 17.2. The number of likely N-dealkylation sites (tertiary alicyclic amines) is 1. The van der Waals surface area contributed by atoms with Gasteiger partial charge in [-0.05, 0) is 43.8 Å². The SMILES string of the molecule is O=c1cc(-c2ccccc2OCCN2CCC2)oc2c(Cl)cccc12. The molecule has 0 spiro atoms. The van der Waals surface area contributed by atoms with E-state index in [-0.39, 0.29) is 5.43 Å². The van der Waals surface area contributed by atoms with E-state index in [1.54, 1.807) is 18.2 Å². The monoisotopic (exact) mass is 355 g/mol. The Balaban J connectivity index is 1.68. The average Bonchev–Trinajstić information content (AvgIpc) is 2.58. The summed E-state index contributed by atoms with van der Waals surface area (Å²) >= 11 is 6.20. The predicted octanol–water partition coefficient (Wildman–Crippen LogP) is 4.20. The summed E-state index contributed by atoms with van der Waals surface area (Å²) in [7, 11) is 0. The molecule has 5 heteroatoms. The van der Waals surface area contributed by atoms with E-state index in [2.05, 4.69) is 4.90 Å². The first-order valence-electron chi connectivity index (χ1n) is 8.39. The fourth-order valence-electron chi connectivity index (χ4n) is 2.96. The van der Waals surface area contributed by atoms with Crippen molar-refractivity contribution in [2.24, 2.45) is 0 Å². The van der Waals surface area contributed by atoms with Crippen molar-refractivity contribution in [3.05, 3.63) is 63.8 Å². The molecule has 0 radical (unpaired) electrons. The van der Waals surface area contributed by atoms with Crippen molar-refractivity contribution in [1.29, 1.82) is 0 Å².